The average molecular weight is 309 g/mol. The quantitative estimate of drug-likeness (QED) is 0.782. The van der Waals surface area contributed by atoms with E-state index in [1.165, 1.54) is 0 Å². The second-order valence-electron chi connectivity index (χ2n) is 5.35. The minimum absolute atomic E-state index is 0.0472. The van der Waals surface area contributed by atoms with Crippen LogP contribution in [0.4, 0.5) is 0 Å². The number of rotatable bonds is 5. The van der Waals surface area contributed by atoms with Crippen LogP contribution in [-0.2, 0) is 6.54 Å². The lowest BCUT2D eigenvalue weighted by Crippen LogP contribution is -2.30. The first-order valence-electron chi connectivity index (χ1n) is 7.62. The summed E-state index contributed by atoms with van der Waals surface area (Å²) in [5.41, 5.74) is 2.97. The number of hydrogen-bond donors (Lipinski definition) is 1. The van der Waals surface area contributed by atoms with Crippen molar-refractivity contribution in [3.8, 4) is 11.5 Å². The van der Waals surface area contributed by atoms with Crippen LogP contribution < -0.4 is 0 Å². The molecule has 0 fully saturated rings. The molecule has 2 heterocycles. The molecule has 23 heavy (non-hydrogen) atoms. The van der Waals surface area contributed by atoms with Gasteiger partial charge in [-0.05, 0) is 31.5 Å². The highest BCUT2D eigenvalue weighted by atomic mass is 16.3. The van der Waals surface area contributed by atoms with Crippen LogP contribution >= 0.6 is 0 Å². The van der Waals surface area contributed by atoms with Crippen LogP contribution in [0.15, 0.2) is 53.1 Å². The first kappa shape index (κ1) is 15.1. The van der Waals surface area contributed by atoms with Gasteiger partial charge in [-0.25, -0.2) is 0 Å². The van der Waals surface area contributed by atoms with Gasteiger partial charge in [-0.2, -0.15) is 5.10 Å². The molecule has 0 aliphatic rings. The summed E-state index contributed by atoms with van der Waals surface area (Å²) in [7, 11) is 0. The molecule has 1 aromatic carbocycles. The highest BCUT2D eigenvalue weighted by molar-refractivity contribution is 6.00. The Hall–Kier alpha value is -2.82. The van der Waals surface area contributed by atoms with E-state index >= 15 is 0 Å². The molecule has 0 radical (unpaired) electrons. The molecule has 2 aromatic heterocycles. The predicted molar refractivity (Wildman–Crippen MR) is 87.9 cm³/mol. The molecule has 3 aromatic rings. The zero-order chi connectivity index (χ0) is 16.2. The van der Waals surface area contributed by atoms with Gasteiger partial charge in [-0.15, -0.1) is 0 Å². The van der Waals surface area contributed by atoms with Crippen LogP contribution in [0.25, 0.3) is 11.5 Å². The van der Waals surface area contributed by atoms with Crippen molar-refractivity contribution in [2.45, 2.75) is 20.4 Å². The summed E-state index contributed by atoms with van der Waals surface area (Å²) in [6.45, 7) is 5.01. The summed E-state index contributed by atoms with van der Waals surface area (Å²) < 4.78 is 5.40. The molecule has 0 aliphatic heterocycles. The number of aryl methyl sites for hydroxylation is 1. The smallest absolute Gasteiger partial charge is 0.258 e. The molecule has 3 rings (SSSR count). The van der Waals surface area contributed by atoms with Gasteiger partial charge in [0.2, 0.25) is 0 Å². The molecule has 0 spiro atoms. The third-order valence-corrected chi connectivity index (χ3v) is 3.80. The number of amides is 1. The van der Waals surface area contributed by atoms with E-state index in [-0.39, 0.29) is 5.91 Å². The van der Waals surface area contributed by atoms with Crippen LogP contribution in [0.1, 0.15) is 28.5 Å². The van der Waals surface area contributed by atoms with Gasteiger partial charge in [0.25, 0.3) is 5.91 Å². The molecule has 0 atom stereocenters. The highest BCUT2D eigenvalue weighted by Gasteiger charge is 2.24. The predicted octanol–water partition coefficient (Wildman–Crippen LogP) is 3.64. The Balaban J connectivity index is 1.91. The van der Waals surface area contributed by atoms with Gasteiger partial charge in [-0.3, -0.25) is 9.89 Å². The fourth-order valence-corrected chi connectivity index (χ4v) is 2.57. The standard InChI is InChI=1S/C18H19N3O2/c1-3-21(12-14-8-5-4-6-9-14)18(22)16-13(2)19-20-17(16)15-10-7-11-23-15/h4-11H,3,12H2,1-2H3,(H,19,20). The second kappa shape index (κ2) is 6.52. The normalized spacial score (nSPS) is 10.7. The number of benzene rings is 1. The Morgan fingerprint density at radius 2 is 2.00 bits per heavy atom. The van der Waals surface area contributed by atoms with Crippen molar-refractivity contribution < 1.29 is 9.21 Å². The van der Waals surface area contributed by atoms with Gasteiger partial charge in [0.05, 0.1) is 11.8 Å². The van der Waals surface area contributed by atoms with Crippen LogP contribution in [0, 0.1) is 6.92 Å². The zero-order valence-electron chi connectivity index (χ0n) is 13.2. The Kier molecular flexibility index (Phi) is 4.28. The van der Waals surface area contributed by atoms with E-state index < -0.39 is 0 Å². The monoisotopic (exact) mass is 309 g/mol. The van der Waals surface area contributed by atoms with E-state index in [1.807, 2.05) is 44.2 Å². The van der Waals surface area contributed by atoms with Crippen molar-refractivity contribution >= 4 is 5.91 Å². The molecular weight excluding hydrogens is 290 g/mol. The lowest BCUT2D eigenvalue weighted by molar-refractivity contribution is 0.0752. The number of carbonyl (C=O) groups is 1. The van der Waals surface area contributed by atoms with E-state index in [9.17, 15) is 4.79 Å². The van der Waals surface area contributed by atoms with E-state index in [2.05, 4.69) is 10.2 Å². The van der Waals surface area contributed by atoms with Gasteiger partial charge in [0, 0.05) is 18.8 Å². The van der Waals surface area contributed by atoms with Gasteiger partial charge in [-0.1, -0.05) is 30.3 Å². The molecule has 5 nitrogen and oxygen atoms in total. The number of nitrogens with zero attached hydrogens (tertiary/aromatic N) is 2. The lowest BCUT2D eigenvalue weighted by atomic mass is 10.1. The van der Waals surface area contributed by atoms with Gasteiger partial charge in [0.1, 0.15) is 5.69 Å². The summed E-state index contributed by atoms with van der Waals surface area (Å²) in [5, 5.41) is 7.13. The topological polar surface area (TPSA) is 62.1 Å². The van der Waals surface area contributed by atoms with Crippen molar-refractivity contribution in [3.05, 3.63) is 65.5 Å². The Bertz CT molecular complexity index is 776. The molecule has 0 bridgehead atoms. The van der Waals surface area contributed by atoms with Crippen LogP contribution in [0.2, 0.25) is 0 Å². The SMILES string of the molecule is CCN(Cc1ccccc1)C(=O)c1c(-c2ccco2)n[nH]c1C. The van der Waals surface area contributed by atoms with Crippen molar-refractivity contribution in [1.82, 2.24) is 15.1 Å². The van der Waals surface area contributed by atoms with Crippen LogP contribution in [-0.4, -0.2) is 27.5 Å². The number of H-pyrrole nitrogens is 1. The Morgan fingerprint density at radius 1 is 1.22 bits per heavy atom. The van der Waals surface area contributed by atoms with E-state index in [0.717, 1.165) is 11.3 Å². The van der Waals surface area contributed by atoms with E-state index in [4.69, 9.17) is 4.42 Å². The number of aromatic nitrogens is 2. The zero-order valence-corrected chi connectivity index (χ0v) is 13.2. The Labute approximate surface area is 134 Å². The fraction of sp³-hybridized carbons (Fsp3) is 0.222. The lowest BCUT2D eigenvalue weighted by Gasteiger charge is -2.21. The molecule has 0 saturated heterocycles. The second-order valence-corrected chi connectivity index (χ2v) is 5.35. The molecule has 0 aliphatic carbocycles. The first-order valence-corrected chi connectivity index (χ1v) is 7.62. The molecule has 1 N–H and O–H groups in total. The number of nitrogens with one attached hydrogen (secondary N) is 1. The van der Waals surface area contributed by atoms with E-state index in [1.54, 1.807) is 23.3 Å². The largest absolute Gasteiger partial charge is 0.463 e. The highest BCUT2D eigenvalue weighted by Crippen LogP contribution is 2.25. The molecule has 1 amide bonds. The van der Waals surface area contributed by atoms with Crippen LogP contribution in [0.5, 0.6) is 0 Å². The summed E-state index contributed by atoms with van der Waals surface area (Å²) in [4.78, 5) is 14.8. The molecule has 118 valence electrons. The third-order valence-electron chi connectivity index (χ3n) is 3.80. The maximum atomic E-state index is 13.0. The molecule has 0 saturated carbocycles. The summed E-state index contributed by atoms with van der Waals surface area (Å²) in [5.74, 6) is 0.544. The minimum Gasteiger partial charge on any atom is -0.463 e. The third kappa shape index (κ3) is 3.04. The molecule has 0 unspecified atom stereocenters. The summed E-state index contributed by atoms with van der Waals surface area (Å²) in [6.07, 6.45) is 1.58. The summed E-state index contributed by atoms with van der Waals surface area (Å²) in [6, 6.07) is 13.6. The fourth-order valence-electron chi connectivity index (χ4n) is 2.57. The number of furan rings is 1. The van der Waals surface area contributed by atoms with Crippen molar-refractivity contribution in [2.24, 2.45) is 0 Å². The first-order chi connectivity index (χ1) is 11.2. The number of carbonyl (C=O) groups excluding carboxylic acids is 1. The van der Waals surface area contributed by atoms with Crippen molar-refractivity contribution in [2.75, 3.05) is 6.54 Å². The molecular formula is C18H19N3O2. The van der Waals surface area contributed by atoms with E-state index in [0.29, 0.717) is 30.1 Å². The van der Waals surface area contributed by atoms with Crippen molar-refractivity contribution in [1.29, 1.82) is 0 Å². The molecule has 5 heteroatoms. The van der Waals surface area contributed by atoms with Crippen molar-refractivity contribution in [3.63, 3.8) is 0 Å². The van der Waals surface area contributed by atoms with Crippen LogP contribution in [0.3, 0.4) is 0 Å². The maximum absolute atomic E-state index is 13.0. The van der Waals surface area contributed by atoms with Gasteiger partial charge in [0.15, 0.2) is 5.76 Å². The average Bonchev–Trinajstić information content (AvgIpc) is 3.22. The maximum Gasteiger partial charge on any atom is 0.258 e. The van der Waals surface area contributed by atoms with Gasteiger partial charge < -0.3 is 9.32 Å². The summed E-state index contributed by atoms with van der Waals surface area (Å²) >= 11 is 0. The number of hydrogen-bond acceptors (Lipinski definition) is 3. The minimum atomic E-state index is -0.0472. The Morgan fingerprint density at radius 3 is 2.65 bits per heavy atom. The van der Waals surface area contributed by atoms with Gasteiger partial charge >= 0.3 is 0 Å². The number of aromatic amines is 1.